The number of amides is 1. The number of carbonyl (C=O) groups excluding carboxylic acids is 1. The van der Waals surface area contributed by atoms with Crippen LogP contribution >= 0.6 is 11.8 Å². The summed E-state index contributed by atoms with van der Waals surface area (Å²) in [5.41, 5.74) is 3.25. The molecule has 1 heterocycles. The lowest BCUT2D eigenvalue weighted by Crippen LogP contribution is -2.27. The van der Waals surface area contributed by atoms with Crippen molar-refractivity contribution in [2.24, 2.45) is 0 Å². The van der Waals surface area contributed by atoms with Crippen LogP contribution in [0.5, 0.6) is 0 Å². The van der Waals surface area contributed by atoms with Crippen molar-refractivity contribution in [2.75, 3.05) is 12.8 Å². The highest BCUT2D eigenvalue weighted by Crippen LogP contribution is 2.21. The summed E-state index contributed by atoms with van der Waals surface area (Å²) in [6.45, 7) is 4.90. The molecule has 0 saturated heterocycles. The largest absolute Gasteiger partial charge is 0.341 e. The van der Waals surface area contributed by atoms with E-state index in [0.29, 0.717) is 17.6 Å². The van der Waals surface area contributed by atoms with Gasteiger partial charge in [-0.05, 0) is 39.6 Å². The third-order valence-electron chi connectivity index (χ3n) is 4.26. The molecule has 27 heavy (non-hydrogen) atoms. The van der Waals surface area contributed by atoms with E-state index in [-0.39, 0.29) is 11.7 Å². The first-order valence-electron chi connectivity index (χ1n) is 8.84. The summed E-state index contributed by atoms with van der Waals surface area (Å²) < 4.78 is 1.67. The van der Waals surface area contributed by atoms with Crippen LogP contribution in [-0.4, -0.2) is 43.8 Å². The molecule has 0 N–H and O–H groups in total. The van der Waals surface area contributed by atoms with Crippen LogP contribution in [-0.2, 0) is 11.3 Å². The predicted octanol–water partition coefficient (Wildman–Crippen LogP) is 3.54. The molecular formula is C20H23N5OS. The molecule has 1 amide bonds. The van der Waals surface area contributed by atoms with Crippen LogP contribution in [0.1, 0.15) is 30.9 Å². The Morgan fingerprint density at radius 3 is 2.48 bits per heavy atom. The van der Waals surface area contributed by atoms with Crippen LogP contribution in [0.2, 0.25) is 0 Å². The van der Waals surface area contributed by atoms with E-state index in [1.165, 1.54) is 17.3 Å². The number of hydrogen-bond acceptors (Lipinski definition) is 5. The van der Waals surface area contributed by atoms with Crippen molar-refractivity contribution in [3.05, 3.63) is 65.7 Å². The molecule has 0 unspecified atom stereocenters. The summed E-state index contributed by atoms with van der Waals surface area (Å²) in [7, 11) is 1.81. The molecule has 3 rings (SSSR count). The number of hydrogen-bond donors (Lipinski definition) is 0. The van der Waals surface area contributed by atoms with Gasteiger partial charge in [-0.2, -0.15) is 4.68 Å². The summed E-state index contributed by atoms with van der Waals surface area (Å²) in [5.74, 6) is 0.793. The quantitative estimate of drug-likeness (QED) is 0.586. The molecule has 0 saturated carbocycles. The van der Waals surface area contributed by atoms with Gasteiger partial charge in [0.15, 0.2) is 0 Å². The fourth-order valence-corrected chi connectivity index (χ4v) is 3.44. The van der Waals surface area contributed by atoms with Gasteiger partial charge >= 0.3 is 0 Å². The number of carbonyl (C=O) groups is 1. The van der Waals surface area contributed by atoms with Crippen LogP contribution in [0.4, 0.5) is 0 Å². The minimum Gasteiger partial charge on any atom is -0.341 e. The van der Waals surface area contributed by atoms with E-state index < -0.39 is 0 Å². The van der Waals surface area contributed by atoms with Crippen molar-refractivity contribution in [3.8, 4) is 5.69 Å². The van der Waals surface area contributed by atoms with Crippen LogP contribution in [0, 0.1) is 0 Å². The highest BCUT2D eigenvalue weighted by molar-refractivity contribution is 7.99. The Balaban J connectivity index is 1.62. The topological polar surface area (TPSA) is 63.9 Å². The second-order valence-electron chi connectivity index (χ2n) is 6.64. The number of rotatable bonds is 7. The lowest BCUT2D eigenvalue weighted by molar-refractivity contribution is -0.127. The first kappa shape index (κ1) is 19.1. The maximum Gasteiger partial charge on any atom is 0.233 e. The zero-order valence-electron chi connectivity index (χ0n) is 15.7. The van der Waals surface area contributed by atoms with Crippen LogP contribution < -0.4 is 0 Å². The molecule has 0 radical (unpaired) electrons. The van der Waals surface area contributed by atoms with Crippen molar-refractivity contribution in [2.45, 2.75) is 31.5 Å². The van der Waals surface area contributed by atoms with E-state index in [9.17, 15) is 4.79 Å². The number of thioether (sulfide) groups is 1. The van der Waals surface area contributed by atoms with Gasteiger partial charge in [0.05, 0.1) is 11.4 Å². The molecule has 6 nitrogen and oxygen atoms in total. The summed E-state index contributed by atoms with van der Waals surface area (Å²) in [5, 5.41) is 12.5. The maximum absolute atomic E-state index is 12.4. The normalized spacial score (nSPS) is 11.0. The maximum atomic E-state index is 12.4. The summed E-state index contributed by atoms with van der Waals surface area (Å²) in [6, 6.07) is 18.1. The molecule has 2 aromatic carbocycles. The van der Waals surface area contributed by atoms with Gasteiger partial charge in [0, 0.05) is 13.6 Å². The van der Waals surface area contributed by atoms with Crippen molar-refractivity contribution in [3.63, 3.8) is 0 Å². The molecule has 0 bridgehead atoms. The standard InChI is InChI=1S/C20H23N5OS/c1-15(2)17-9-11-18(12-10-17)25-20(21-22-23-25)27-14-19(26)24(3)13-16-7-5-4-6-8-16/h4-12,15H,13-14H2,1-3H3. The fourth-order valence-electron chi connectivity index (χ4n) is 2.61. The average molecular weight is 382 g/mol. The molecule has 0 aliphatic heterocycles. The molecule has 1 aromatic heterocycles. The smallest absolute Gasteiger partial charge is 0.233 e. The lowest BCUT2D eigenvalue weighted by Gasteiger charge is -2.16. The first-order chi connectivity index (χ1) is 13.0. The van der Waals surface area contributed by atoms with Gasteiger partial charge in [-0.15, -0.1) is 5.10 Å². The van der Waals surface area contributed by atoms with E-state index in [4.69, 9.17) is 0 Å². The second-order valence-corrected chi connectivity index (χ2v) is 7.59. The average Bonchev–Trinajstić information content (AvgIpc) is 3.15. The molecule has 0 spiro atoms. The van der Waals surface area contributed by atoms with Crippen molar-refractivity contribution in [1.29, 1.82) is 0 Å². The van der Waals surface area contributed by atoms with E-state index in [1.54, 1.807) is 9.58 Å². The van der Waals surface area contributed by atoms with Gasteiger partial charge in [0.25, 0.3) is 0 Å². The number of benzene rings is 2. The predicted molar refractivity (Wildman–Crippen MR) is 107 cm³/mol. The molecule has 7 heteroatoms. The molecule has 0 aliphatic rings. The third-order valence-corrected chi connectivity index (χ3v) is 5.16. The SMILES string of the molecule is CC(C)c1ccc(-n2nnnc2SCC(=O)N(C)Cc2ccccc2)cc1. The van der Waals surface area contributed by atoms with Crippen molar-refractivity contribution in [1.82, 2.24) is 25.1 Å². The Labute approximate surface area is 163 Å². The number of aromatic nitrogens is 4. The fraction of sp³-hybridized carbons (Fsp3) is 0.300. The van der Waals surface area contributed by atoms with E-state index in [0.717, 1.165) is 11.3 Å². The Morgan fingerprint density at radius 2 is 1.81 bits per heavy atom. The van der Waals surface area contributed by atoms with Gasteiger partial charge in [0.1, 0.15) is 0 Å². The monoisotopic (exact) mass is 381 g/mol. The van der Waals surface area contributed by atoms with Gasteiger partial charge in [0.2, 0.25) is 11.1 Å². The Morgan fingerprint density at radius 1 is 1.11 bits per heavy atom. The molecule has 3 aromatic rings. The van der Waals surface area contributed by atoms with Gasteiger partial charge in [-0.25, -0.2) is 0 Å². The summed E-state index contributed by atoms with van der Waals surface area (Å²) >= 11 is 1.34. The minimum absolute atomic E-state index is 0.0357. The highest BCUT2D eigenvalue weighted by Gasteiger charge is 2.14. The van der Waals surface area contributed by atoms with Gasteiger partial charge < -0.3 is 4.90 Å². The van der Waals surface area contributed by atoms with Crippen LogP contribution in [0.15, 0.2) is 59.8 Å². The van der Waals surface area contributed by atoms with Crippen LogP contribution in [0.3, 0.4) is 0 Å². The molecule has 0 fully saturated rings. The van der Waals surface area contributed by atoms with Crippen LogP contribution in [0.25, 0.3) is 5.69 Å². The van der Waals surface area contributed by atoms with E-state index in [2.05, 4.69) is 41.5 Å². The van der Waals surface area contributed by atoms with E-state index >= 15 is 0 Å². The van der Waals surface area contributed by atoms with E-state index in [1.807, 2.05) is 49.5 Å². The minimum atomic E-state index is 0.0357. The molecular weight excluding hydrogens is 358 g/mol. The third kappa shape index (κ3) is 4.95. The molecule has 0 atom stereocenters. The highest BCUT2D eigenvalue weighted by atomic mass is 32.2. The van der Waals surface area contributed by atoms with Crippen molar-refractivity contribution >= 4 is 17.7 Å². The van der Waals surface area contributed by atoms with Gasteiger partial charge in [-0.1, -0.05) is 68.1 Å². The second kappa shape index (κ2) is 8.81. The molecule has 140 valence electrons. The first-order valence-corrected chi connectivity index (χ1v) is 9.82. The Bertz CT molecular complexity index is 877. The Hall–Kier alpha value is -2.67. The zero-order chi connectivity index (χ0) is 19.2. The summed E-state index contributed by atoms with van der Waals surface area (Å²) in [4.78, 5) is 14.2. The zero-order valence-corrected chi connectivity index (χ0v) is 16.6. The lowest BCUT2D eigenvalue weighted by atomic mass is 10.0. The summed E-state index contributed by atoms with van der Waals surface area (Å²) in [6.07, 6.45) is 0. The Kier molecular flexibility index (Phi) is 6.24. The number of nitrogens with zero attached hydrogens (tertiary/aromatic N) is 5. The van der Waals surface area contributed by atoms with Crippen molar-refractivity contribution < 1.29 is 4.79 Å². The molecule has 0 aliphatic carbocycles. The number of tetrazole rings is 1. The van der Waals surface area contributed by atoms with Gasteiger partial charge in [-0.3, -0.25) is 4.79 Å².